The number of nitrogens with one attached hydrogen (secondary N) is 1. The first-order chi connectivity index (χ1) is 13.1. The normalized spacial score (nSPS) is 11.3. The van der Waals surface area contributed by atoms with E-state index in [4.69, 9.17) is 9.15 Å². The molecule has 1 amide bonds. The van der Waals surface area contributed by atoms with Gasteiger partial charge < -0.3 is 24.4 Å². The second-order valence-corrected chi connectivity index (χ2v) is 5.88. The van der Waals surface area contributed by atoms with Crippen LogP contribution in [0.5, 0.6) is 0 Å². The molecule has 1 heterocycles. The number of rotatable bonds is 8. The third kappa shape index (κ3) is 6.07. The molecule has 0 saturated heterocycles. The summed E-state index contributed by atoms with van der Waals surface area (Å²) in [6, 6.07) is 20.5. The van der Waals surface area contributed by atoms with E-state index >= 15 is 0 Å². The van der Waals surface area contributed by atoms with Gasteiger partial charge in [0.1, 0.15) is 5.76 Å². The van der Waals surface area contributed by atoms with E-state index < -0.39 is 17.9 Å². The number of ether oxygens (including phenoxy) is 1. The van der Waals surface area contributed by atoms with E-state index in [2.05, 4.69) is 5.32 Å². The number of carboxylic acid groups (broad SMARTS) is 1. The van der Waals surface area contributed by atoms with Crippen LogP contribution in [0.25, 0.3) is 11.3 Å². The van der Waals surface area contributed by atoms with Gasteiger partial charge in [0.25, 0.3) is 5.91 Å². The molecule has 7 heteroatoms. The van der Waals surface area contributed by atoms with Crippen LogP contribution in [-0.4, -0.2) is 24.5 Å². The van der Waals surface area contributed by atoms with Crippen molar-refractivity contribution < 1.29 is 53.4 Å². The smallest absolute Gasteiger partial charge is 0.548 e. The first-order valence-corrected chi connectivity index (χ1v) is 8.42. The number of furan rings is 1. The van der Waals surface area contributed by atoms with Crippen molar-refractivity contribution in [3.63, 3.8) is 0 Å². The number of carboxylic acids is 1. The van der Waals surface area contributed by atoms with E-state index in [1.54, 1.807) is 6.07 Å². The molecule has 1 aromatic heterocycles. The van der Waals surface area contributed by atoms with E-state index in [1.165, 1.54) is 6.07 Å². The standard InChI is InChI=1S/C21H19NO5.Na/c23-20(19-12-11-18(27-19)16-9-5-2-6-10-16)22-17(21(24)25)14-26-13-15-7-3-1-4-8-15;/h1-12,17H,13-14H2,(H,22,23)(H,24,25);/q;+1/p-1/t17-;/m0./s1. The Morgan fingerprint density at radius 3 is 2.25 bits per heavy atom. The summed E-state index contributed by atoms with van der Waals surface area (Å²) in [6.07, 6.45) is 0. The fraction of sp³-hybridized carbons (Fsp3) is 0.143. The molecule has 1 N–H and O–H groups in total. The van der Waals surface area contributed by atoms with Crippen LogP contribution in [0.15, 0.2) is 77.2 Å². The van der Waals surface area contributed by atoms with Crippen LogP contribution >= 0.6 is 0 Å². The van der Waals surface area contributed by atoms with Crippen molar-refractivity contribution in [2.45, 2.75) is 12.6 Å². The topological polar surface area (TPSA) is 91.6 Å². The van der Waals surface area contributed by atoms with Gasteiger partial charge in [-0.1, -0.05) is 60.7 Å². The number of hydrogen-bond donors (Lipinski definition) is 1. The van der Waals surface area contributed by atoms with Gasteiger partial charge >= 0.3 is 29.6 Å². The molecular weight excluding hydrogens is 369 g/mol. The average molecular weight is 387 g/mol. The Morgan fingerprint density at radius 2 is 1.61 bits per heavy atom. The molecule has 0 fully saturated rings. The quantitative estimate of drug-likeness (QED) is 0.502. The molecular formula is C21H18NNaO5. The molecule has 0 radical (unpaired) electrons. The molecule has 0 aliphatic rings. The van der Waals surface area contributed by atoms with Crippen molar-refractivity contribution in [2.24, 2.45) is 0 Å². The zero-order valence-corrected chi connectivity index (χ0v) is 17.5. The summed E-state index contributed by atoms with van der Waals surface area (Å²) in [5, 5.41) is 13.7. The predicted octanol–water partition coefficient (Wildman–Crippen LogP) is -0.984. The van der Waals surface area contributed by atoms with E-state index in [0.717, 1.165) is 11.1 Å². The summed E-state index contributed by atoms with van der Waals surface area (Å²) >= 11 is 0. The van der Waals surface area contributed by atoms with E-state index in [0.29, 0.717) is 5.76 Å². The number of benzene rings is 2. The molecule has 1 atom stereocenters. The van der Waals surface area contributed by atoms with Crippen molar-refractivity contribution in [1.29, 1.82) is 0 Å². The zero-order chi connectivity index (χ0) is 19.1. The summed E-state index contributed by atoms with van der Waals surface area (Å²) < 4.78 is 10.9. The van der Waals surface area contributed by atoms with Crippen LogP contribution < -0.4 is 40.0 Å². The van der Waals surface area contributed by atoms with E-state index in [1.807, 2.05) is 60.7 Å². The van der Waals surface area contributed by atoms with Crippen molar-refractivity contribution in [1.82, 2.24) is 5.32 Å². The van der Waals surface area contributed by atoms with Gasteiger partial charge in [-0.05, 0) is 17.7 Å². The molecule has 0 aliphatic heterocycles. The molecule has 0 bridgehead atoms. The Kier molecular flexibility index (Phi) is 8.47. The maximum atomic E-state index is 12.3. The Balaban J connectivity index is 0.00000280. The number of aliphatic carboxylic acids is 1. The zero-order valence-electron chi connectivity index (χ0n) is 15.5. The van der Waals surface area contributed by atoms with Crippen molar-refractivity contribution in [3.05, 3.63) is 84.1 Å². The Bertz CT molecular complexity index is 895. The molecule has 138 valence electrons. The third-order valence-corrected chi connectivity index (χ3v) is 3.87. The van der Waals surface area contributed by atoms with Gasteiger partial charge in [-0.15, -0.1) is 0 Å². The minimum absolute atomic E-state index is 0. The van der Waals surface area contributed by atoms with Crippen LogP contribution in [0.3, 0.4) is 0 Å². The fourth-order valence-corrected chi connectivity index (χ4v) is 2.48. The molecule has 6 nitrogen and oxygen atoms in total. The summed E-state index contributed by atoms with van der Waals surface area (Å²) in [4.78, 5) is 23.6. The van der Waals surface area contributed by atoms with Gasteiger partial charge in [0.2, 0.25) is 0 Å². The molecule has 3 aromatic rings. The summed E-state index contributed by atoms with van der Waals surface area (Å²) in [7, 11) is 0. The second-order valence-electron chi connectivity index (χ2n) is 5.88. The van der Waals surface area contributed by atoms with Gasteiger partial charge in [-0.3, -0.25) is 4.79 Å². The van der Waals surface area contributed by atoms with Crippen LogP contribution in [-0.2, 0) is 16.1 Å². The van der Waals surface area contributed by atoms with Gasteiger partial charge in [0.15, 0.2) is 5.76 Å². The van der Waals surface area contributed by atoms with Crippen molar-refractivity contribution >= 4 is 11.9 Å². The largest absolute Gasteiger partial charge is 1.00 e. The van der Waals surface area contributed by atoms with Crippen molar-refractivity contribution in [2.75, 3.05) is 6.61 Å². The molecule has 0 saturated carbocycles. The Labute approximate surface area is 184 Å². The van der Waals surface area contributed by atoms with Crippen LogP contribution in [0, 0.1) is 0 Å². The van der Waals surface area contributed by atoms with Gasteiger partial charge in [0.05, 0.1) is 25.2 Å². The van der Waals surface area contributed by atoms with Gasteiger partial charge in [0, 0.05) is 5.56 Å². The number of hydrogen-bond acceptors (Lipinski definition) is 5. The monoisotopic (exact) mass is 387 g/mol. The molecule has 28 heavy (non-hydrogen) atoms. The Morgan fingerprint density at radius 1 is 0.964 bits per heavy atom. The van der Waals surface area contributed by atoms with Crippen LogP contribution in [0.4, 0.5) is 0 Å². The molecule has 0 unspecified atom stereocenters. The molecule has 0 spiro atoms. The minimum Gasteiger partial charge on any atom is -0.548 e. The summed E-state index contributed by atoms with van der Waals surface area (Å²) in [6.45, 7) is 0.0224. The summed E-state index contributed by atoms with van der Waals surface area (Å²) in [5.74, 6) is -1.53. The number of carbonyl (C=O) groups is 2. The van der Waals surface area contributed by atoms with Gasteiger partial charge in [-0.2, -0.15) is 0 Å². The molecule has 3 rings (SSSR count). The molecule has 2 aromatic carbocycles. The average Bonchev–Trinajstić information content (AvgIpc) is 3.19. The maximum absolute atomic E-state index is 12.3. The minimum atomic E-state index is -1.42. The van der Waals surface area contributed by atoms with Gasteiger partial charge in [-0.25, -0.2) is 0 Å². The first-order valence-electron chi connectivity index (χ1n) is 8.42. The van der Waals surface area contributed by atoms with Crippen LogP contribution in [0.1, 0.15) is 16.1 Å². The fourth-order valence-electron chi connectivity index (χ4n) is 2.48. The first kappa shape index (κ1) is 21.9. The Hall–Kier alpha value is -2.38. The second kappa shape index (κ2) is 10.8. The maximum Gasteiger partial charge on any atom is 1.00 e. The van der Waals surface area contributed by atoms with E-state index in [-0.39, 0.29) is 48.5 Å². The predicted molar refractivity (Wildman–Crippen MR) is 96.5 cm³/mol. The van der Waals surface area contributed by atoms with Crippen LogP contribution in [0.2, 0.25) is 0 Å². The number of carbonyl (C=O) groups excluding carboxylic acids is 2. The van der Waals surface area contributed by atoms with E-state index in [9.17, 15) is 14.7 Å². The SMILES string of the molecule is O=C(N[C@@H](COCc1ccccc1)C(=O)[O-])c1ccc(-c2ccccc2)o1.[Na+]. The third-order valence-electron chi connectivity index (χ3n) is 3.87. The molecule has 0 aliphatic carbocycles. The summed E-state index contributed by atoms with van der Waals surface area (Å²) in [5.41, 5.74) is 1.72. The van der Waals surface area contributed by atoms with Crippen molar-refractivity contribution in [3.8, 4) is 11.3 Å². The number of amides is 1.